The van der Waals surface area contributed by atoms with Gasteiger partial charge in [0.1, 0.15) is 0 Å². The van der Waals surface area contributed by atoms with Crippen LogP contribution < -0.4 is 16.4 Å². The molecule has 1 atom stereocenters. The summed E-state index contributed by atoms with van der Waals surface area (Å²) in [5.41, 5.74) is 6.59. The summed E-state index contributed by atoms with van der Waals surface area (Å²) in [7, 11) is 0. The second-order valence-corrected chi connectivity index (χ2v) is 4.57. The zero-order valence-corrected chi connectivity index (χ0v) is 11.5. The van der Waals surface area contributed by atoms with Gasteiger partial charge in [0.15, 0.2) is 0 Å². The number of rotatable bonds is 6. The normalized spacial score (nSPS) is 11.7. The van der Waals surface area contributed by atoms with Gasteiger partial charge in [-0.05, 0) is 31.0 Å². The lowest BCUT2D eigenvalue weighted by molar-refractivity contribution is -0.121. The highest BCUT2D eigenvalue weighted by molar-refractivity contribution is 6.17. The summed E-state index contributed by atoms with van der Waals surface area (Å²) in [6.07, 6.45) is 1.09. The van der Waals surface area contributed by atoms with Gasteiger partial charge in [-0.2, -0.15) is 0 Å². The van der Waals surface area contributed by atoms with Gasteiger partial charge < -0.3 is 16.4 Å². The van der Waals surface area contributed by atoms with E-state index in [2.05, 4.69) is 10.6 Å². The molecule has 0 heterocycles. The van der Waals surface area contributed by atoms with E-state index in [-0.39, 0.29) is 11.9 Å². The van der Waals surface area contributed by atoms with Crippen LogP contribution in [0, 0.1) is 0 Å². The van der Waals surface area contributed by atoms with Gasteiger partial charge in [-0.3, -0.25) is 4.79 Å². The number of carbonyl (C=O) groups excluding carboxylic acids is 2. The second kappa shape index (κ2) is 7.63. The number of benzene rings is 1. The Morgan fingerprint density at radius 2 is 1.95 bits per heavy atom. The largest absolute Gasteiger partial charge is 0.351 e. The molecule has 0 spiro atoms. The fourth-order valence-electron chi connectivity index (χ4n) is 1.62. The molecule has 1 unspecified atom stereocenters. The zero-order chi connectivity index (χ0) is 14.3. The van der Waals surface area contributed by atoms with E-state index >= 15 is 0 Å². The number of urea groups is 1. The summed E-state index contributed by atoms with van der Waals surface area (Å²) in [5, 5.41) is 5.36. The van der Waals surface area contributed by atoms with Crippen molar-refractivity contribution in [2.75, 3.05) is 11.2 Å². The summed E-state index contributed by atoms with van der Waals surface area (Å²) in [5.74, 6) is 0.461. The molecule has 0 aliphatic heterocycles. The summed E-state index contributed by atoms with van der Waals surface area (Å²) in [6, 6.07) is 6.44. The molecule has 0 fully saturated rings. The van der Waals surface area contributed by atoms with Gasteiger partial charge in [0.25, 0.3) is 0 Å². The van der Waals surface area contributed by atoms with Crippen molar-refractivity contribution in [2.24, 2.45) is 5.73 Å². The Labute approximate surface area is 117 Å². The predicted octanol–water partition coefficient (Wildman–Crippen LogP) is 2.37. The number of primary amides is 1. The molecule has 0 aliphatic rings. The van der Waals surface area contributed by atoms with Gasteiger partial charge >= 0.3 is 6.03 Å². The lowest BCUT2D eigenvalue weighted by Gasteiger charge is -2.14. The lowest BCUT2D eigenvalue weighted by Crippen LogP contribution is -2.26. The maximum Gasteiger partial charge on any atom is 0.316 e. The fourth-order valence-corrected chi connectivity index (χ4v) is 1.76. The van der Waals surface area contributed by atoms with Crippen molar-refractivity contribution in [3.8, 4) is 0 Å². The number of nitrogens with two attached hydrogens (primary N) is 1. The highest BCUT2D eigenvalue weighted by Gasteiger charge is 2.09. The third-order valence-corrected chi connectivity index (χ3v) is 2.86. The molecule has 5 nitrogen and oxygen atoms in total. The van der Waals surface area contributed by atoms with Crippen molar-refractivity contribution in [1.82, 2.24) is 5.32 Å². The molecule has 19 heavy (non-hydrogen) atoms. The Morgan fingerprint density at radius 3 is 2.47 bits per heavy atom. The highest BCUT2D eigenvalue weighted by atomic mass is 35.5. The van der Waals surface area contributed by atoms with E-state index in [4.69, 9.17) is 17.3 Å². The maximum atomic E-state index is 11.6. The summed E-state index contributed by atoms with van der Waals surface area (Å²) >= 11 is 5.53. The van der Waals surface area contributed by atoms with Crippen LogP contribution in [0.2, 0.25) is 0 Å². The molecule has 1 rings (SSSR count). The van der Waals surface area contributed by atoms with Gasteiger partial charge in [0, 0.05) is 18.0 Å². The predicted molar refractivity (Wildman–Crippen MR) is 76.2 cm³/mol. The number of hydrogen-bond acceptors (Lipinski definition) is 2. The summed E-state index contributed by atoms with van der Waals surface area (Å²) in [4.78, 5) is 22.2. The first-order valence-corrected chi connectivity index (χ1v) is 6.58. The average Bonchev–Trinajstić information content (AvgIpc) is 2.36. The van der Waals surface area contributed by atoms with Gasteiger partial charge in [-0.25, -0.2) is 4.79 Å². The Balaban J connectivity index is 2.55. The van der Waals surface area contributed by atoms with E-state index < -0.39 is 6.03 Å². The summed E-state index contributed by atoms with van der Waals surface area (Å²) < 4.78 is 0. The number of carbonyl (C=O) groups is 2. The quantitative estimate of drug-likeness (QED) is 0.700. The number of alkyl halides is 1. The van der Waals surface area contributed by atoms with Crippen LogP contribution >= 0.6 is 11.6 Å². The van der Waals surface area contributed by atoms with Gasteiger partial charge in [0.2, 0.25) is 5.91 Å². The first-order valence-electron chi connectivity index (χ1n) is 6.04. The molecule has 104 valence electrons. The molecule has 0 saturated heterocycles. The monoisotopic (exact) mass is 283 g/mol. The maximum absolute atomic E-state index is 11.6. The average molecular weight is 284 g/mol. The molecule has 6 heteroatoms. The van der Waals surface area contributed by atoms with E-state index in [1.54, 1.807) is 12.1 Å². The second-order valence-electron chi connectivity index (χ2n) is 4.19. The highest BCUT2D eigenvalue weighted by Crippen LogP contribution is 2.16. The van der Waals surface area contributed by atoms with Crippen molar-refractivity contribution in [3.63, 3.8) is 0 Å². The van der Waals surface area contributed by atoms with Crippen LogP contribution in [0.25, 0.3) is 0 Å². The van der Waals surface area contributed by atoms with Gasteiger partial charge in [-0.15, -0.1) is 11.6 Å². The third kappa shape index (κ3) is 5.61. The molecular formula is C13H18ClN3O2. The first kappa shape index (κ1) is 15.3. The Bertz CT molecular complexity index is 434. The van der Waals surface area contributed by atoms with Crippen LogP contribution in [0.3, 0.4) is 0 Å². The number of amides is 3. The fraction of sp³-hybridized carbons (Fsp3) is 0.385. The summed E-state index contributed by atoms with van der Waals surface area (Å²) in [6.45, 7) is 1.90. The van der Waals surface area contributed by atoms with E-state index in [1.807, 2.05) is 19.1 Å². The minimum Gasteiger partial charge on any atom is -0.351 e. The molecule has 0 aliphatic carbocycles. The first-order chi connectivity index (χ1) is 9.02. The van der Waals surface area contributed by atoms with Gasteiger partial charge in [0.05, 0.1) is 6.04 Å². The van der Waals surface area contributed by atoms with Gasteiger partial charge in [-0.1, -0.05) is 12.1 Å². The zero-order valence-electron chi connectivity index (χ0n) is 10.8. The van der Waals surface area contributed by atoms with Crippen molar-refractivity contribution in [1.29, 1.82) is 0 Å². The SMILES string of the molecule is CC(NC(=O)CCCCl)c1ccc(NC(N)=O)cc1. The van der Waals surface area contributed by atoms with Crippen LogP contribution in [0.4, 0.5) is 10.5 Å². The Hall–Kier alpha value is -1.75. The van der Waals surface area contributed by atoms with Crippen LogP contribution in [-0.4, -0.2) is 17.8 Å². The van der Waals surface area contributed by atoms with E-state index in [0.29, 0.717) is 24.4 Å². The minimum absolute atomic E-state index is 0.0208. The minimum atomic E-state index is -0.602. The standard InChI is InChI=1S/C13H18ClN3O2/c1-9(16-12(18)3-2-8-14)10-4-6-11(7-5-10)17-13(15)19/h4-7,9H,2-3,8H2,1H3,(H,16,18)(H3,15,17,19). The third-order valence-electron chi connectivity index (χ3n) is 2.59. The van der Waals surface area contributed by atoms with Crippen LogP contribution in [-0.2, 0) is 4.79 Å². The Morgan fingerprint density at radius 1 is 1.32 bits per heavy atom. The van der Waals surface area contributed by atoms with Crippen molar-refractivity contribution >= 4 is 29.2 Å². The molecule has 0 radical (unpaired) electrons. The van der Waals surface area contributed by atoms with E-state index in [1.165, 1.54) is 0 Å². The van der Waals surface area contributed by atoms with Crippen LogP contribution in [0.5, 0.6) is 0 Å². The van der Waals surface area contributed by atoms with Crippen LogP contribution in [0.1, 0.15) is 31.4 Å². The topological polar surface area (TPSA) is 84.2 Å². The molecule has 4 N–H and O–H groups in total. The van der Waals surface area contributed by atoms with Crippen molar-refractivity contribution < 1.29 is 9.59 Å². The number of hydrogen-bond donors (Lipinski definition) is 3. The molecule has 0 saturated carbocycles. The number of anilines is 1. The number of halogens is 1. The molecule has 1 aromatic rings. The van der Waals surface area contributed by atoms with E-state index in [0.717, 1.165) is 5.56 Å². The molecule has 0 aromatic heterocycles. The van der Waals surface area contributed by atoms with Crippen molar-refractivity contribution in [2.45, 2.75) is 25.8 Å². The molecule has 1 aromatic carbocycles. The van der Waals surface area contributed by atoms with Crippen LogP contribution in [0.15, 0.2) is 24.3 Å². The van der Waals surface area contributed by atoms with Crippen molar-refractivity contribution in [3.05, 3.63) is 29.8 Å². The van der Waals surface area contributed by atoms with E-state index in [9.17, 15) is 9.59 Å². The number of nitrogens with one attached hydrogen (secondary N) is 2. The molecular weight excluding hydrogens is 266 g/mol. The lowest BCUT2D eigenvalue weighted by atomic mass is 10.1. The smallest absolute Gasteiger partial charge is 0.316 e. The molecule has 0 bridgehead atoms. The molecule has 3 amide bonds. The Kier molecular flexibility index (Phi) is 6.15.